The lowest BCUT2D eigenvalue weighted by Crippen LogP contribution is -2.34. The summed E-state index contributed by atoms with van der Waals surface area (Å²) in [6.07, 6.45) is 5.17. The van der Waals surface area contributed by atoms with Crippen molar-refractivity contribution < 1.29 is 4.39 Å². The molecule has 3 heteroatoms. The highest BCUT2D eigenvalue weighted by atomic mass is 79.9. The minimum absolute atomic E-state index is 0.168. The van der Waals surface area contributed by atoms with Crippen molar-refractivity contribution >= 4 is 15.9 Å². The molecule has 0 radical (unpaired) electrons. The zero-order valence-corrected chi connectivity index (χ0v) is 12.7. The molecule has 0 atom stereocenters. The third-order valence-corrected chi connectivity index (χ3v) is 4.95. The predicted molar refractivity (Wildman–Crippen MR) is 77.0 cm³/mol. The maximum absolute atomic E-state index is 13.5. The molecule has 1 saturated carbocycles. The van der Waals surface area contributed by atoms with Gasteiger partial charge in [0.15, 0.2) is 0 Å². The molecular weight excluding hydrogens is 293 g/mol. The summed E-state index contributed by atoms with van der Waals surface area (Å²) in [7, 11) is 2.15. The molecule has 100 valence electrons. The van der Waals surface area contributed by atoms with Gasteiger partial charge in [0.2, 0.25) is 0 Å². The van der Waals surface area contributed by atoms with Crippen molar-refractivity contribution in [1.29, 1.82) is 0 Å². The molecule has 0 saturated heterocycles. The lowest BCUT2D eigenvalue weighted by atomic mass is 9.86. The first-order valence-electron chi connectivity index (χ1n) is 6.71. The summed E-state index contributed by atoms with van der Waals surface area (Å²) in [6, 6.07) is 5.92. The van der Waals surface area contributed by atoms with Crippen LogP contribution >= 0.6 is 15.9 Å². The minimum Gasteiger partial charge on any atom is -0.299 e. The molecule has 0 bridgehead atoms. The van der Waals surface area contributed by atoms with Crippen LogP contribution in [0.25, 0.3) is 0 Å². The third kappa shape index (κ3) is 3.33. The van der Waals surface area contributed by atoms with Gasteiger partial charge in [-0.25, -0.2) is 4.39 Å². The van der Waals surface area contributed by atoms with Gasteiger partial charge in [0, 0.05) is 12.6 Å². The molecule has 0 spiro atoms. The molecule has 0 amide bonds. The highest BCUT2D eigenvalue weighted by molar-refractivity contribution is 9.10. The first-order chi connectivity index (χ1) is 8.58. The Labute approximate surface area is 118 Å². The second-order valence-electron chi connectivity index (χ2n) is 5.54. The third-order valence-electron chi connectivity index (χ3n) is 4.06. The van der Waals surface area contributed by atoms with Crippen LogP contribution in [0.2, 0.25) is 0 Å². The lowest BCUT2D eigenvalue weighted by Gasteiger charge is -2.33. The van der Waals surface area contributed by atoms with E-state index in [9.17, 15) is 4.39 Å². The molecule has 1 nitrogen and oxygen atoms in total. The van der Waals surface area contributed by atoms with Gasteiger partial charge in [-0.3, -0.25) is 4.90 Å². The fourth-order valence-corrected chi connectivity index (χ4v) is 3.14. The Hall–Kier alpha value is -0.410. The molecule has 1 aromatic rings. The number of nitrogens with zero attached hydrogens (tertiary/aromatic N) is 1. The summed E-state index contributed by atoms with van der Waals surface area (Å²) in [4.78, 5) is 2.37. The summed E-state index contributed by atoms with van der Waals surface area (Å²) in [5.74, 6) is 0.703. The molecule has 2 rings (SSSR count). The van der Waals surface area contributed by atoms with Gasteiger partial charge in [-0.1, -0.05) is 19.1 Å². The Morgan fingerprint density at radius 2 is 1.94 bits per heavy atom. The molecule has 1 aromatic carbocycles. The molecule has 0 aliphatic heterocycles. The van der Waals surface area contributed by atoms with Crippen molar-refractivity contribution in [3.63, 3.8) is 0 Å². The van der Waals surface area contributed by atoms with Crippen LogP contribution in [-0.2, 0) is 6.54 Å². The maximum atomic E-state index is 13.5. The first kappa shape index (κ1) is 14.0. The Bertz CT molecular complexity index is 399. The molecule has 18 heavy (non-hydrogen) atoms. The SMILES string of the molecule is CC1CCC(N(C)Cc2cccc(F)c2Br)CC1. The summed E-state index contributed by atoms with van der Waals surface area (Å²) in [5.41, 5.74) is 1.04. The van der Waals surface area contributed by atoms with E-state index in [1.807, 2.05) is 6.07 Å². The first-order valence-corrected chi connectivity index (χ1v) is 7.50. The van der Waals surface area contributed by atoms with Gasteiger partial charge in [0.25, 0.3) is 0 Å². The predicted octanol–water partition coefficient (Wildman–Crippen LogP) is 4.60. The van der Waals surface area contributed by atoms with E-state index >= 15 is 0 Å². The Kier molecular flexibility index (Phi) is 4.79. The van der Waals surface area contributed by atoms with Crippen molar-refractivity contribution in [3.05, 3.63) is 34.1 Å². The van der Waals surface area contributed by atoms with E-state index in [4.69, 9.17) is 0 Å². The van der Waals surface area contributed by atoms with E-state index in [0.717, 1.165) is 18.0 Å². The zero-order valence-electron chi connectivity index (χ0n) is 11.1. The van der Waals surface area contributed by atoms with Crippen LogP contribution in [-0.4, -0.2) is 18.0 Å². The monoisotopic (exact) mass is 313 g/mol. The van der Waals surface area contributed by atoms with E-state index in [-0.39, 0.29) is 5.82 Å². The highest BCUT2D eigenvalue weighted by Gasteiger charge is 2.22. The highest BCUT2D eigenvalue weighted by Crippen LogP contribution is 2.28. The molecule has 1 aliphatic rings. The van der Waals surface area contributed by atoms with Crippen LogP contribution in [0.1, 0.15) is 38.2 Å². The summed E-state index contributed by atoms with van der Waals surface area (Å²) in [6.45, 7) is 3.15. The molecule has 0 unspecified atom stereocenters. The fraction of sp³-hybridized carbons (Fsp3) is 0.600. The molecule has 1 fully saturated rings. The van der Waals surface area contributed by atoms with Crippen molar-refractivity contribution in [2.75, 3.05) is 7.05 Å². The van der Waals surface area contributed by atoms with Crippen molar-refractivity contribution in [1.82, 2.24) is 4.90 Å². The van der Waals surface area contributed by atoms with Crippen LogP contribution < -0.4 is 0 Å². The Morgan fingerprint density at radius 1 is 1.28 bits per heavy atom. The largest absolute Gasteiger partial charge is 0.299 e. The molecule has 1 aliphatic carbocycles. The Balaban J connectivity index is 1.98. The topological polar surface area (TPSA) is 3.24 Å². The van der Waals surface area contributed by atoms with Gasteiger partial charge in [-0.2, -0.15) is 0 Å². The van der Waals surface area contributed by atoms with E-state index < -0.39 is 0 Å². The number of hydrogen-bond acceptors (Lipinski definition) is 1. The van der Waals surface area contributed by atoms with E-state index in [1.165, 1.54) is 31.7 Å². The summed E-state index contributed by atoms with van der Waals surface area (Å²) < 4.78 is 14.1. The summed E-state index contributed by atoms with van der Waals surface area (Å²) in [5, 5.41) is 0. The van der Waals surface area contributed by atoms with Gasteiger partial charge in [0.1, 0.15) is 5.82 Å². The summed E-state index contributed by atoms with van der Waals surface area (Å²) >= 11 is 3.34. The van der Waals surface area contributed by atoms with Crippen LogP contribution in [0, 0.1) is 11.7 Å². The van der Waals surface area contributed by atoms with E-state index in [1.54, 1.807) is 6.07 Å². The van der Waals surface area contributed by atoms with Gasteiger partial charge >= 0.3 is 0 Å². The van der Waals surface area contributed by atoms with Crippen molar-refractivity contribution in [3.8, 4) is 0 Å². The van der Waals surface area contributed by atoms with Gasteiger partial charge < -0.3 is 0 Å². The number of benzene rings is 1. The van der Waals surface area contributed by atoms with Crippen LogP contribution in [0.4, 0.5) is 4.39 Å². The smallest absolute Gasteiger partial charge is 0.137 e. The molecule has 0 aromatic heterocycles. The van der Waals surface area contributed by atoms with Crippen LogP contribution in [0.3, 0.4) is 0 Å². The fourth-order valence-electron chi connectivity index (χ4n) is 2.75. The quantitative estimate of drug-likeness (QED) is 0.788. The van der Waals surface area contributed by atoms with Crippen LogP contribution in [0.15, 0.2) is 22.7 Å². The second kappa shape index (κ2) is 6.16. The van der Waals surface area contributed by atoms with Crippen molar-refractivity contribution in [2.24, 2.45) is 5.92 Å². The molecule has 0 heterocycles. The van der Waals surface area contributed by atoms with Gasteiger partial charge in [0.05, 0.1) is 4.47 Å². The molecular formula is C15H21BrFN. The van der Waals surface area contributed by atoms with E-state index in [2.05, 4.69) is 34.8 Å². The minimum atomic E-state index is -0.168. The molecule has 0 N–H and O–H groups in total. The average molecular weight is 314 g/mol. The number of hydrogen-bond donors (Lipinski definition) is 0. The van der Waals surface area contributed by atoms with E-state index in [0.29, 0.717) is 10.5 Å². The second-order valence-corrected chi connectivity index (χ2v) is 6.33. The van der Waals surface area contributed by atoms with Gasteiger partial charge in [-0.05, 0) is 66.2 Å². The van der Waals surface area contributed by atoms with Gasteiger partial charge in [-0.15, -0.1) is 0 Å². The van der Waals surface area contributed by atoms with Crippen molar-refractivity contribution in [2.45, 2.75) is 45.2 Å². The maximum Gasteiger partial charge on any atom is 0.137 e. The Morgan fingerprint density at radius 3 is 2.61 bits per heavy atom. The number of rotatable bonds is 3. The zero-order chi connectivity index (χ0) is 13.1. The number of halogens is 2. The lowest BCUT2D eigenvalue weighted by molar-refractivity contribution is 0.163. The average Bonchev–Trinajstić information content (AvgIpc) is 2.36. The normalized spacial score (nSPS) is 24.5. The standard InChI is InChI=1S/C15H21BrFN/c1-11-6-8-13(9-7-11)18(2)10-12-4-3-5-14(17)15(12)16/h3-5,11,13H,6-10H2,1-2H3. The van der Waals surface area contributed by atoms with Crippen LogP contribution in [0.5, 0.6) is 0 Å².